The van der Waals surface area contributed by atoms with Crippen LogP contribution in [0.1, 0.15) is 16.2 Å². The number of hydrogen-bond acceptors (Lipinski definition) is 4. The predicted octanol–water partition coefficient (Wildman–Crippen LogP) is 3.90. The van der Waals surface area contributed by atoms with Crippen LogP contribution in [0.15, 0.2) is 61.2 Å². The van der Waals surface area contributed by atoms with Gasteiger partial charge in [0.1, 0.15) is 23.9 Å². The molecule has 1 aromatic carbocycles. The third-order valence-corrected chi connectivity index (χ3v) is 3.85. The summed E-state index contributed by atoms with van der Waals surface area (Å²) in [4.78, 5) is 21.7. The Hall–Kier alpha value is -3.36. The van der Waals surface area contributed by atoms with E-state index in [4.69, 9.17) is 4.74 Å². The molecule has 2 heterocycles. The molecule has 6 nitrogen and oxygen atoms in total. The maximum absolute atomic E-state index is 12.6. The molecule has 0 spiro atoms. The van der Waals surface area contributed by atoms with Crippen molar-refractivity contribution in [3.05, 3.63) is 72.6 Å². The zero-order valence-electron chi connectivity index (χ0n) is 14.9. The minimum absolute atomic E-state index is 0.0458. The smallest absolute Gasteiger partial charge is 0.406 e. The highest BCUT2D eigenvalue weighted by Crippen LogP contribution is 2.22. The van der Waals surface area contributed by atoms with Gasteiger partial charge in [0.25, 0.3) is 5.91 Å². The number of alkyl halides is 3. The molecule has 0 saturated carbocycles. The van der Waals surface area contributed by atoms with Gasteiger partial charge in [0.2, 0.25) is 0 Å². The van der Waals surface area contributed by atoms with Crippen LogP contribution < -0.4 is 4.74 Å². The number of carbonyl (C=O) groups excluding carboxylic acids is 1. The molecule has 0 radical (unpaired) electrons. The van der Waals surface area contributed by atoms with Crippen molar-refractivity contribution in [3.63, 3.8) is 0 Å². The van der Waals surface area contributed by atoms with Gasteiger partial charge in [-0.1, -0.05) is 0 Å². The maximum atomic E-state index is 12.6. The predicted molar refractivity (Wildman–Crippen MR) is 94.8 cm³/mol. The first kappa shape index (κ1) is 19.4. The average molecular weight is 390 g/mol. The molecule has 0 aliphatic rings. The quantitative estimate of drug-likeness (QED) is 0.640. The van der Waals surface area contributed by atoms with Crippen LogP contribution in [0.2, 0.25) is 0 Å². The van der Waals surface area contributed by atoms with E-state index >= 15 is 0 Å². The van der Waals surface area contributed by atoms with E-state index in [0.29, 0.717) is 17.1 Å². The van der Waals surface area contributed by atoms with Gasteiger partial charge in [0, 0.05) is 31.2 Å². The normalized spacial score (nSPS) is 11.3. The van der Waals surface area contributed by atoms with Crippen LogP contribution in [0.3, 0.4) is 0 Å². The van der Waals surface area contributed by atoms with Gasteiger partial charge < -0.3 is 14.2 Å². The fourth-order valence-electron chi connectivity index (χ4n) is 2.54. The average Bonchev–Trinajstić information content (AvgIpc) is 3.07. The molecule has 0 aliphatic carbocycles. The molecule has 0 bridgehead atoms. The zero-order valence-corrected chi connectivity index (χ0v) is 14.9. The number of rotatable bonds is 6. The first-order valence-corrected chi connectivity index (χ1v) is 8.32. The van der Waals surface area contributed by atoms with E-state index in [0.717, 1.165) is 4.57 Å². The number of amides is 1. The molecule has 0 unspecified atom stereocenters. The Balaban J connectivity index is 1.64. The van der Waals surface area contributed by atoms with Crippen molar-refractivity contribution in [2.45, 2.75) is 19.3 Å². The Labute approximate surface area is 159 Å². The maximum Gasteiger partial charge on any atom is 0.406 e. The Morgan fingerprint density at radius 3 is 2.54 bits per heavy atom. The lowest BCUT2D eigenvalue weighted by Crippen LogP contribution is -2.29. The first-order valence-electron chi connectivity index (χ1n) is 8.32. The van der Waals surface area contributed by atoms with E-state index in [9.17, 15) is 18.0 Å². The summed E-state index contributed by atoms with van der Waals surface area (Å²) in [7, 11) is 1.51. The number of nitrogens with zero attached hydrogens (tertiary/aromatic N) is 4. The monoisotopic (exact) mass is 390 g/mol. The summed E-state index contributed by atoms with van der Waals surface area (Å²) in [6.45, 7) is -1.19. The van der Waals surface area contributed by atoms with E-state index in [2.05, 4.69) is 9.97 Å². The number of aromatic nitrogens is 3. The minimum atomic E-state index is -4.36. The highest BCUT2D eigenvalue weighted by molar-refractivity contribution is 5.94. The molecular formula is C19H17F3N4O2. The van der Waals surface area contributed by atoms with Crippen molar-refractivity contribution in [2.75, 3.05) is 7.05 Å². The van der Waals surface area contributed by atoms with Crippen molar-refractivity contribution < 1.29 is 22.7 Å². The summed E-state index contributed by atoms with van der Waals surface area (Å²) in [5.41, 5.74) is 0.384. The molecule has 28 heavy (non-hydrogen) atoms. The van der Waals surface area contributed by atoms with Crippen molar-refractivity contribution in [1.82, 2.24) is 19.4 Å². The number of pyridine rings is 1. The van der Waals surface area contributed by atoms with Crippen LogP contribution in [-0.4, -0.2) is 38.6 Å². The van der Waals surface area contributed by atoms with Crippen LogP contribution in [0.25, 0.3) is 0 Å². The molecule has 0 N–H and O–H groups in total. The fourth-order valence-corrected chi connectivity index (χ4v) is 2.54. The van der Waals surface area contributed by atoms with E-state index in [1.54, 1.807) is 48.8 Å². The molecule has 0 atom stereocenters. The Morgan fingerprint density at radius 2 is 1.89 bits per heavy atom. The Kier molecular flexibility index (Phi) is 5.62. The van der Waals surface area contributed by atoms with Gasteiger partial charge in [-0.2, -0.15) is 13.2 Å². The first-order chi connectivity index (χ1) is 13.3. The Bertz CT molecular complexity index is 924. The molecule has 3 aromatic rings. The minimum Gasteiger partial charge on any atom is -0.456 e. The molecule has 1 amide bonds. The molecule has 9 heteroatoms. The summed E-state index contributed by atoms with van der Waals surface area (Å²) in [5.74, 6) is 0.919. The molecular weight excluding hydrogens is 373 g/mol. The third kappa shape index (κ3) is 5.09. The molecule has 3 rings (SSSR count). The number of ether oxygens (including phenoxy) is 1. The SMILES string of the molecule is CN(Cc1nccn1CC(F)(F)F)C(=O)c1ccc(Oc2cccnc2)cc1. The summed E-state index contributed by atoms with van der Waals surface area (Å²) < 4.78 is 44.4. The van der Waals surface area contributed by atoms with Gasteiger partial charge in [-0.15, -0.1) is 0 Å². The summed E-state index contributed by atoms with van der Waals surface area (Å²) in [6, 6.07) is 9.95. The second kappa shape index (κ2) is 8.12. The van der Waals surface area contributed by atoms with E-state index in [1.165, 1.54) is 24.3 Å². The molecule has 2 aromatic heterocycles. The lowest BCUT2D eigenvalue weighted by atomic mass is 10.2. The number of halogens is 3. The molecule has 0 aliphatic heterocycles. The lowest BCUT2D eigenvalue weighted by Gasteiger charge is -2.18. The highest BCUT2D eigenvalue weighted by atomic mass is 19.4. The van der Waals surface area contributed by atoms with E-state index < -0.39 is 12.7 Å². The Morgan fingerprint density at radius 1 is 1.14 bits per heavy atom. The van der Waals surface area contributed by atoms with E-state index in [-0.39, 0.29) is 18.3 Å². The van der Waals surface area contributed by atoms with Crippen LogP contribution in [0, 0.1) is 0 Å². The van der Waals surface area contributed by atoms with Gasteiger partial charge in [0.15, 0.2) is 0 Å². The van der Waals surface area contributed by atoms with Gasteiger partial charge in [0.05, 0.1) is 12.7 Å². The van der Waals surface area contributed by atoms with Crippen molar-refractivity contribution >= 4 is 5.91 Å². The topological polar surface area (TPSA) is 60.2 Å². The number of benzene rings is 1. The van der Waals surface area contributed by atoms with Gasteiger partial charge in [-0.25, -0.2) is 4.98 Å². The highest BCUT2D eigenvalue weighted by Gasteiger charge is 2.29. The van der Waals surface area contributed by atoms with Crippen molar-refractivity contribution in [1.29, 1.82) is 0 Å². The number of carbonyl (C=O) groups is 1. The second-order valence-corrected chi connectivity index (χ2v) is 6.06. The fraction of sp³-hybridized carbons (Fsp3) is 0.211. The second-order valence-electron chi connectivity index (χ2n) is 6.06. The van der Waals surface area contributed by atoms with Crippen molar-refractivity contribution in [3.8, 4) is 11.5 Å². The van der Waals surface area contributed by atoms with Gasteiger partial charge >= 0.3 is 6.18 Å². The summed E-state index contributed by atoms with van der Waals surface area (Å²) >= 11 is 0. The van der Waals surface area contributed by atoms with Crippen molar-refractivity contribution in [2.24, 2.45) is 0 Å². The van der Waals surface area contributed by atoms with Crippen LogP contribution in [0.5, 0.6) is 11.5 Å². The van der Waals surface area contributed by atoms with E-state index in [1.807, 2.05) is 0 Å². The largest absolute Gasteiger partial charge is 0.456 e. The van der Waals surface area contributed by atoms with Crippen LogP contribution in [-0.2, 0) is 13.1 Å². The summed E-state index contributed by atoms with van der Waals surface area (Å²) in [5, 5.41) is 0. The molecule has 0 saturated heterocycles. The van der Waals surface area contributed by atoms with Crippen LogP contribution >= 0.6 is 0 Å². The van der Waals surface area contributed by atoms with Gasteiger partial charge in [-0.3, -0.25) is 9.78 Å². The standard InChI is InChI=1S/C19H17F3N4O2/c1-25(12-17-24-9-10-26(17)13-19(20,21)22)18(27)14-4-6-15(7-5-14)28-16-3-2-8-23-11-16/h2-11H,12-13H2,1H3. The molecule has 146 valence electrons. The van der Waals surface area contributed by atoms with Crippen LogP contribution in [0.4, 0.5) is 13.2 Å². The number of imidazole rings is 1. The van der Waals surface area contributed by atoms with Gasteiger partial charge in [-0.05, 0) is 36.4 Å². The zero-order chi connectivity index (χ0) is 20.1. The summed E-state index contributed by atoms with van der Waals surface area (Å²) in [6.07, 6.45) is 1.36. The number of hydrogen-bond donors (Lipinski definition) is 0. The third-order valence-electron chi connectivity index (χ3n) is 3.85. The molecule has 0 fully saturated rings. The lowest BCUT2D eigenvalue weighted by molar-refractivity contribution is -0.141.